The van der Waals surface area contributed by atoms with Crippen LogP contribution in [0.15, 0.2) is 47.3 Å². The van der Waals surface area contributed by atoms with Gasteiger partial charge in [-0.05, 0) is 62.2 Å². The zero-order valence-corrected chi connectivity index (χ0v) is 15.0. The molecule has 8 heteroatoms. The monoisotopic (exact) mass is 473 g/mol. The molecule has 0 fully saturated rings. The largest absolute Gasteiger partial charge is 0.278 e. The van der Waals surface area contributed by atoms with Crippen LogP contribution in [0, 0.1) is 0 Å². The van der Waals surface area contributed by atoms with Crippen LogP contribution in [0.4, 0.5) is 5.69 Å². The van der Waals surface area contributed by atoms with E-state index in [0.717, 1.165) is 19.6 Å². The molecule has 0 saturated carbocycles. The van der Waals surface area contributed by atoms with E-state index in [9.17, 15) is 8.42 Å². The van der Waals surface area contributed by atoms with Gasteiger partial charge in [0.15, 0.2) is 0 Å². The molecule has 0 aliphatic rings. The van der Waals surface area contributed by atoms with Gasteiger partial charge < -0.3 is 0 Å². The van der Waals surface area contributed by atoms with Crippen molar-refractivity contribution in [3.05, 3.63) is 43.1 Å². The van der Waals surface area contributed by atoms with Crippen LogP contribution in [-0.4, -0.2) is 8.42 Å². The highest BCUT2D eigenvalue weighted by molar-refractivity contribution is 9.11. The van der Waals surface area contributed by atoms with Gasteiger partial charge in [0.2, 0.25) is 0 Å². The van der Waals surface area contributed by atoms with Gasteiger partial charge in [0.25, 0.3) is 10.0 Å². The maximum absolute atomic E-state index is 12.1. The number of hydrogen-bond donors (Lipinski definition) is 1. The number of anilines is 1. The maximum Gasteiger partial charge on any atom is 0.271 e. The number of hydrogen-bond acceptors (Lipinski definition) is 3. The topological polar surface area (TPSA) is 46.2 Å². The van der Waals surface area contributed by atoms with Gasteiger partial charge in [-0.25, -0.2) is 8.42 Å². The molecule has 0 bridgehead atoms. The van der Waals surface area contributed by atoms with Gasteiger partial charge in [-0.2, -0.15) is 0 Å². The van der Waals surface area contributed by atoms with Crippen LogP contribution < -0.4 is 4.72 Å². The van der Waals surface area contributed by atoms with Crippen molar-refractivity contribution in [3.8, 4) is 0 Å². The summed E-state index contributed by atoms with van der Waals surface area (Å²) in [5.74, 6) is 0. The van der Waals surface area contributed by atoms with E-state index in [0.29, 0.717) is 10.2 Å². The summed E-state index contributed by atoms with van der Waals surface area (Å²) in [6, 6.07) is 8.50. The summed E-state index contributed by atoms with van der Waals surface area (Å²) < 4.78 is 29.3. The van der Waals surface area contributed by atoms with Crippen molar-refractivity contribution >= 4 is 74.8 Å². The first-order valence-electron chi connectivity index (χ1n) is 4.62. The Morgan fingerprint density at radius 2 is 1.78 bits per heavy atom. The molecule has 0 amide bonds. The summed E-state index contributed by atoms with van der Waals surface area (Å²) in [5, 5.41) is 0. The molecule has 0 aliphatic heterocycles. The Balaban J connectivity index is 2.33. The number of sulfonamides is 1. The van der Waals surface area contributed by atoms with E-state index in [1.807, 2.05) is 0 Å². The highest BCUT2D eigenvalue weighted by atomic mass is 79.9. The fourth-order valence-electron chi connectivity index (χ4n) is 1.21. The lowest BCUT2D eigenvalue weighted by Crippen LogP contribution is -2.11. The average Bonchev–Trinajstić information content (AvgIpc) is 2.70. The SMILES string of the molecule is O=S(=O)(Nc1ccc(Br)cc1Br)c1ccc(Br)s1. The van der Waals surface area contributed by atoms with Crippen LogP contribution in [0.1, 0.15) is 0 Å². The Hall–Kier alpha value is 0.110. The number of benzene rings is 1. The third-order valence-electron chi connectivity index (χ3n) is 1.99. The van der Waals surface area contributed by atoms with Crippen molar-refractivity contribution in [1.82, 2.24) is 0 Å². The molecule has 0 unspecified atom stereocenters. The smallest absolute Gasteiger partial charge is 0.271 e. The van der Waals surface area contributed by atoms with E-state index in [-0.39, 0.29) is 4.21 Å². The lowest BCUT2D eigenvalue weighted by molar-refractivity contribution is 0.603. The minimum atomic E-state index is -3.53. The Labute approximate surface area is 134 Å². The average molecular weight is 476 g/mol. The van der Waals surface area contributed by atoms with Crippen molar-refractivity contribution in [2.45, 2.75) is 4.21 Å². The highest BCUT2D eigenvalue weighted by Crippen LogP contribution is 2.31. The third-order valence-corrected chi connectivity index (χ3v) is 6.62. The molecule has 0 spiro atoms. The maximum atomic E-state index is 12.1. The summed E-state index contributed by atoms with van der Waals surface area (Å²) in [5.41, 5.74) is 0.503. The molecule has 1 aromatic heterocycles. The number of nitrogens with one attached hydrogen (secondary N) is 1. The van der Waals surface area contributed by atoms with Crippen LogP contribution in [0.3, 0.4) is 0 Å². The van der Waals surface area contributed by atoms with Gasteiger partial charge in [0.05, 0.1) is 9.47 Å². The minimum absolute atomic E-state index is 0.268. The predicted molar refractivity (Wildman–Crippen MR) is 84.7 cm³/mol. The third kappa shape index (κ3) is 3.36. The Morgan fingerprint density at radius 3 is 2.33 bits per heavy atom. The molecule has 3 nitrogen and oxygen atoms in total. The molecular formula is C10H6Br3NO2S2. The molecule has 1 heterocycles. The first-order valence-corrected chi connectivity index (χ1v) is 9.29. The van der Waals surface area contributed by atoms with E-state index in [1.165, 1.54) is 0 Å². The molecule has 2 rings (SSSR count). The van der Waals surface area contributed by atoms with Crippen LogP contribution in [0.25, 0.3) is 0 Å². The Kier molecular flexibility index (Phi) is 4.53. The second-order valence-electron chi connectivity index (χ2n) is 3.29. The van der Waals surface area contributed by atoms with Gasteiger partial charge in [-0.3, -0.25) is 4.72 Å². The van der Waals surface area contributed by atoms with E-state index < -0.39 is 10.0 Å². The fourth-order valence-corrected chi connectivity index (χ4v) is 5.58. The standard InChI is InChI=1S/C10H6Br3NO2S2/c11-6-1-2-8(7(12)5-6)14-18(15,16)10-4-3-9(13)17-10/h1-5,14H. The van der Waals surface area contributed by atoms with Gasteiger partial charge in [0, 0.05) is 8.95 Å². The molecular weight excluding hydrogens is 470 g/mol. The van der Waals surface area contributed by atoms with Gasteiger partial charge in [-0.1, -0.05) is 15.9 Å². The van der Waals surface area contributed by atoms with Gasteiger partial charge in [0.1, 0.15) is 4.21 Å². The summed E-state index contributed by atoms with van der Waals surface area (Å²) in [6.45, 7) is 0. The van der Waals surface area contributed by atoms with Crippen LogP contribution in [0.5, 0.6) is 0 Å². The Morgan fingerprint density at radius 1 is 1.06 bits per heavy atom. The molecule has 1 aromatic carbocycles. The van der Waals surface area contributed by atoms with Gasteiger partial charge in [-0.15, -0.1) is 11.3 Å². The molecule has 0 radical (unpaired) electrons. The van der Waals surface area contributed by atoms with E-state index in [4.69, 9.17) is 0 Å². The van der Waals surface area contributed by atoms with Crippen molar-refractivity contribution in [2.75, 3.05) is 4.72 Å². The number of thiophene rings is 1. The van der Waals surface area contributed by atoms with E-state index >= 15 is 0 Å². The molecule has 96 valence electrons. The molecule has 0 atom stereocenters. The summed E-state index contributed by atoms with van der Waals surface area (Å²) >= 11 is 11.0. The van der Waals surface area contributed by atoms with E-state index in [2.05, 4.69) is 52.5 Å². The van der Waals surface area contributed by atoms with Crippen molar-refractivity contribution in [1.29, 1.82) is 0 Å². The normalized spacial score (nSPS) is 11.5. The Bertz CT molecular complexity index is 682. The van der Waals surface area contributed by atoms with Crippen LogP contribution in [-0.2, 0) is 10.0 Å². The summed E-state index contributed by atoms with van der Waals surface area (Å²) in [4.78, 5) is 0. The second kappa shape index (κ2) is 5.62. The lowest BCUT2D eigenvalue weighted by atomic mass is 10.3. The number of halogens is 3. The van der Waals surface area contributed by atoms with E-state index in [1.54, 1.807) is 30.3 Å². The molecule has 18 heavy (non-hydrogen) atoms. The first kappa shape index (κ1) is 14.5. The summed E-state index contributed by atoms with van der Waals surface area (Å²) in [7, 11) is -3.53. The predicted octanol–water partition coefficient (Wildman–Crippen LogP) is 4.84. The molecule has 1 N–H and O–H groups in total. The second-order valence-corrected chi connectivity index (χ2v) is 9.43. The van der Waals surface area contributed by atoms with Crippen molar-refractivity contribution in [2.24, 2.45) is 0 Å². The zero-order valence-electron chi connectivity index (χ0n) is 8.65. The first-order chi connectivity index (χ1) is 8.38. The minimum Gasteiger partial charge on any atom is -0.278 e. The molecule has 0 saturated heterocycles. The fraction of sp³-hybridized carbons (Fsp3) is 0. The quantitative estimate of drug-likeness (QED) is 0.690. The van der Waals surface area contributed by atoms with Crippen LogP contribution in [0.2, 0.25) is 0 Å². The number of rotatable bonds is 3. The van der Waals surface area contributed by atoms with Crippen LogP contribution >= 0.6 is 59.1 Å². The highest BCUT2D eigenvalue weighted by Gasteiger charge is 2.17. The van der Waals surface area contributed by atoms with Gasteiger partial charge >= 0.3 is 0 Å². The zero-order chi connectivity index (χ0) is 13.3. The van der Waals surface area contributed by atoms with Crippen molar-refractivity contribution < 1.29 is 8.42 Å². The summed E-state index contributed by atoms with van der Waals surface area (Å²) in [6.07, 6.45) is 0. The van der Waals surface area contributed by atoms with Crippen molar-refractivity contribution in [3.63, 3.8) is 0 Å². The molecule has 0 aliphatic carbocycles. The lowest BCUT2D eigenvalue weighted by Gasteiger charge is -2.08. The molecule has 2 aromatic rings.